The van der Waals surface area contributed by atoms with Crippen molar-refractivity contribution in [1.82, 2.24) is 9.55 Å². The Morgan fingerprint density at radius 3 is 2.38 bits per heavy atom. The Kier molecular flexibility index (Phi) is 8.88. The lowest BCUT2D eigenvalue weighted by molar-refractivity contribution is -0.143. The summed E-state index contributed by atoms with van der Waals surface area (Å²) in [6, 6.07) is 4.48. The number of hydrogen-bond donors (Lipinski definition) is 1. The molecule has 0 aliphatic heterocycles. The van der Waals surface area contributed by atoms with Gasteiger partial charge >= 0.3 is 18.4 Å². The summed E-state index contributed by atoms with van der Waals surface area (Å²) >= 11 is 0. The molecule has 2 N–H and O–H groups in total. The number of carbonyl (C=O) groups is 1. The average Bonchev–Trinajstić information content (AvgIpc) is 3.30. The number of aryl methyl sites for hydroxylation is 1. The van der Waals surface area contributed by atoms with Gasteiger partial charge in [-0.1, -0.05) is 5.92 Å². The maximum Gasteiger partial charge on any atom is 0.420 e. The van der Waals surface area contributed by atoms with Crippen LogP contribution >= 0.6 is 0 Å². The van der Waals surface area contributed by atoms with Gasteiger partial charge in [0.1, 0.15) is 18.1 Å². The molecule has 1 amide bonds. The number of hydrogen-bond acceptors (Lipinski definition) is 5. The predicted molar refractivity (Wildman–Crippen MR) is 133 cm³/mol. The zero-order valence-corrected chi connectivity index (χ0v) is 20.8. The molecule has 0 atom stereocenters. The number of allylic oxidation sites excluding steroid dienone is 1. The van der Waals surface area contributed by atoms with Gasteiger partial charge in [0.2, 0.25) is 0 Å². The summed E-state index contributed by atoms with van der Waals surface area (Å²) in [6.07, 6.45) is -7.21. The second-order valence-electron chi connectivity index (χ2n) is 8.12. The molecule has 0 unspecified atom stereocenters. The molecule has 1 heterocycles. The Bertz CT molecular complexity index is 1490. The molecule has 0 fully saturated rings. The Labute approximate surface area is 223 Å². The summed E-state index contributed by atoms with van der Waals surface area (Å²) in [6.45, 7) is -0.207. The first kappa shape index (κ1) is 29.8. The molecular weight excluding hydrogens is 547 g/mol. The lowest BCUT2D eigenvalue weighted by atomic mass is 9.98. The molecule has 3 aromatic rings. The molecule has 0 saturated heterocycles. The van der Waals surface area contributed by atoms with E-state index in [-0.39, 0.29) is 18.3 Å². The Hall–Kier alpha value is -4.80. The molecular formula is C26H20F7N5O2. The van der Waals surface area contributed by atoms with E-state index in [1.165, 1.54) is 6.33 Å². The maximum absolute atomic E-state index is 14.0. The topological polar surface area (TPSA) is 85.7 Å². The molecule has 1 aromatic heterocycles. The highest BCUT2D eigenvalue weighted by Gasteiger charge is 2.41. The summed E-state index contributed by atoms with van der Waals surface area (Å²) in [4.78, 5) is 21.4. The van der Waals surface area contributed by atoms with Gasteiger partial charge in [-0.15, -0.1) is 0 Å². The first-order valence-corrected chi connectivity index (χ1v) is 11.1. The minimum Gasteiger partial charge on any atom is -0.409 e. The first-order valence-electron chi connectivity index (χ1n) is 11.1. The monoisotopic (exact) mass is 567 g/mol. The van der Waals surface area contributed by atoms with E-state index in [4.69, 9.17) is 10.5 Å². The van der Waals surface area contributed by atoms with Crippen molar-refractivity contribution in [1.29, 1.82) is 0 Å². The van der Waals surface area contributed by atoms with Crippen molar-refractivity contribution in [3.8, 4) is 17.6 Å². The fourth-order valence-electron chi connectivity index (χ4n) is 3.25. The van der Waals surface area contributed by atoms with Gasteiger partial charge in [-0.3, -0.25) is 9.89 Å². The fraction of sp³-hybridized carbons (Fsp3) is 0.192. The molecule has 2 aromatic carbocycles. The van der Waals surface area contributed by atoms with Crippen molar-refractivity contribution >= 4 is 23.6 Å². The second kappa shape index (κ2) is 11.9. The van der Waals surface area contributed by atoms with E-state index < -0.39 is 52.3 Å². The van der Waals surface area contributed by atoms with Crippen LogP contribution in [0.2, 0.25) is 0 Å². The van der Waals surface area contributed by atoms with Crippen LogP contribution in [-0.2, 0) is 19.4 Å². The molecule has 0 radical (unpaired) electrons. The Morgan fingerprint density at radius 2 is 1.82 bits per heavy atom. The number of benzene rings is 2. The van der Waals surface area contributed by atoms with Crippen molar-refractivity contribution in [2.24, 2.45) is 17.8 Å². The quantitative estimate of drug-likeness (QED) is 0.245. The summed E-state index contributed by atoms with van der Waals surface area (Å²) in [5.74, 6) is 3.44. The molecule has 0 spiro atoms. The zero-order valence-electron chi connectivity index (χ0n) is 20.8. The molecule has 0 saturated carbocycles. The lowest BCUT2D eigenvalue weighted by Crippen LogP contribution is -2.30. The van der Waals surface area contributed by atoms with Crippen molar-refractivity contribution in [3.05, 3.63) is 83.3 Å². The number of anilines is 1. The predicted octanol–water partition coefficient (Wildman–Crippen LogP) is 5.65. The van der Waals surface area contributed by atoms with Gasteiger partial charge in [0.05, 0.1) is 17.5 Å². The van der Waals surface area contributed by atoms with Gasteiger partial charge in [0.15, 0.2) is 5.75 Å². The SMILES string of the molecule is CN(C(=O)Oc1c(/C(C=NCC#Cc2cn(C)cn2)=C/N)cc(C(F)(F)F)cc1C(F)(F)F)c1ccc(F)cc1. The van der Waals surface area contributed by atoms with E-state index in [9.17, 15) is 35.5 Å². The molecule has 40 heavy (non-hydrogen) atoms. The summed E-state index contributed by atoms with van der Waals surface area (Å²) < 4.78 is 103. The van der Waals surface area contributed by atoms with Crippen LogP contribution in [0.3, 0.4) is 0 Å². The molecule has 7 nitrogen and oxygen atoms in total. The number of carbonyl (C=O) groups excluding carboxylic acids is 1. The van der Waals surface area contributed by atoms with Gasteiger partial charge in [-0.25, -0.2) is 14.2 Å². The van der Waals surface area contributed by atoms with Crippen LogP contribution in [0.15, 0.2) is 60.1 Å². The summed E-state index contributed by atoms with van der Waals surface area (Å²) in [7, 11) is 2.84. The molecule has 0 aliphatic carbocycles. The summed E-state index contributed by atoms with van der Waals surface area (Å²) in [5, 5.41) is 0. The third kappa shape index (κ3) is 7.40. The Morgan fingerprint density at radius 1 is 1.15 bits per heavy atom. The average molecular weight is 567 g/mol. The largest absolute Gasteiger partial charge is 0.420 e. The van der Waals surface area contributed by atoms with Gasteiger partial charge in [0.25, 0.3) is 0 Å². The standard InChI is InChI=1S/C26H20F7N5O2/c1-37-14-19(36-15-37)4-3-9-35-13-16(12-34)21-10-17(25(28,29)30)11-22(26(31,32)33)23(21)40-24(39)38(2)20-7-5-18(27)6-8-20/h5-8,10-15H,9,34H2,1-2H3/b16-12+,35-13?. The highest BCUT2D eigenvalue weighted by Crippen LogP contribution is 2.44. The van der Waals surface area contributed by atoms with E-state index in [1.54, 1.807) is 17.8 Å². The normalized spacial score (nSPS) is 12.3. The third-order valence-electron chi connectivity index (χ3n) is 5.21. The fourth-order valence-corrected chi connectivity index (χ4v) is 3.25. The molecule has 210 valence electrons. The first-order chi connectivity index (χ1) is 18.7. The minimum atomic E-state index is -5.37. The number of nitrogens with zero attached hydrogens (tertiary/aromatic N) is 4. The minimum absolute atomic E-state index is 0.0380. The van der Waals surface area contributed by atoms with Crippen LogP contribution in [0, 0.1) is 17.7 Å². The van der Waals surface area contributed by atoms with Crippen LogP contribution in [0.5, 0.6) is 5.75 Å². The molecule has 14 heteroatoms. The molecule has 0 bridgehead atoms. The van der Waals surface area contributed by atoms with E-state index >= 15 is 0 Å². The van der Waals surface area contributed by atoms with Crippen LogP contribution in [-0.4, -0.2) is 35.5 Å². The van der Waals surface area contributed by atoms with Crippen molar-refractivity contribution in [3.63, 3.8) is 0 Å². The molecule has 0 aliphatic rings. The number of amides is 1. The van der Waals surface area contributed by atoms with Gasteiger partial charge < -0.3 is 15.0 Å². The number of alkyl halides is 6. The van der Waals surface area contributed by atoms with Crippen LogP contribution in [0.4, 0.5) is 41.2 Å². The number of rotatable bonds is 5. The highest BCUT2D eigenvalue weighted by molar-refractivity contribution is 6.11. The number of aliphatic imine (C=N–C) groups is 1. The second-order valence-corrected chi connectivity index (χ2v) is 8.12. The molecule has 3 rings (SSSR count). The summed E-state index contributed by atoms with van der Waals surface area (Å²) in [5.41, 5.74) is 1.25. The van der Waals surface area contributed by atoms with Gasteiger partial charge in [-0.2, -0.15) is 26.3 Å². The van der Waals surface area contributed by atoms with E-state index in [0.717, 1.165) is 42.4 Å². The van der Waals surface area contributed by atoms with Crippen molar-refractivity contribution in [2.75, 3.05) is 18.5 Å². The smallest absolute Gasteiger partial charge is 0.409 e. The lowest BCUT2D eigenvalue weighted by Gasteiger charge is -2.22. The van der Waals surface area contributed by atoms with Crippen molar-refractivity contribution < 1.29 is 40.3 Å². The van der Waals surface area contributed by atoms with Crippen LogP contribution in [0.1, 0.15) is 22.4 Å². The Balaban J connectivity index is 2.05. The van der Waals surface area contributed by atoms with Gasteiger partial charge in [0, 0.05) is 49.5 Å². The third-order valence-corrected chi connectivity index (χ3v) is 5.21. The number of halogens is 7. The highest BCUT2D eigenvalue weighted by atomic mass is 19.4. The maximum atomic E-state index is 14.0. The van der Waals surface area contributed by atoms with E-state index in [1.807, 2.05) is 0 Å². The van der Waals surface area contributed by atoms with E-state index in [2.05, 4.69) is 21.8 Å². The number of aromatic nitrogens is 2. The number of imidazole rings is 1. The van der Waals surface area contributed by atoms with Crippen LogP contribution in [0.25, 0.3) is 5.57 Å². The van der Waals surface area contributed by atoms with E-state index in [0.29, 0.717) is 18.0 Å². The van der Waals surface area contributed by atoms with Crippen LogP contribution < -0.4 is 15.4 Å². The number of ether oxygens (including phenoxy) is 1. The number of nitrogens with two attached hydrogens (primary N) is 1. The van der Waals surface area contributed by atoms with Gasteiger partial charge in [-0.05, 0) is 42.3 Å². The zero-order chi connectivity index (χ0) is 29.7. The van der Waals surface area contributed by atoms with Crippen molar-refractivity contribution in [2.45, 2.75) is 12.4 Å².